The molecule has 0 aliphatic carbocycles. The minimum absolute atomic E-state index is 0. The van der Waals surface area contributed by atoms with Gasteiger partial charge in [-0.05, 0) is 35.2 Å². The summed E-state index contributed by atoms with van der Waals surface area (Å²) in [6.07, 6.45) is 2.13. The molecular formula is C17H27IN6O2S. The predicted molar refractivity (Wildman–Crippen MR) is 118 cm³/mol. The summed E-state index contributed by atoms with van der Waals surface area (Å²) in [5.41, 5.74) is 1.39. The van der Waals surface area contributed by atoms with Gasteiger partial charge < -0.3 is 16.0 Å². The van der Waals surface area contributed by atoms with Crippen molar-refractivity contribution in [1.82, 2.24) is 25.8 Å². The topological polar surface area (TPSA) is 89.1 Å². The second-order valence-corrected chi connectivity index (χ2v) is 7.31. The molecule has 150 valence electrons. The van der Waals surface area contributed by atoms with E-state index in [9.17, 15) is 9.59 Å². The first kappa shape index (κ1) is 21.9. The summed E-state index contributed by atoms with van der Waals surface area (Å²) >= 11 is 1.74. The Morgan fingerprint density at radius 1 is 1.37 bits per heavy atom. The summed E-state index contributed by atoms with van der Waals surface area (Å²) in [5, 5.41) is 13.5. The first-order valence-corrected chi connectivity index (χ1v) is 9.89. The number of halogens is 1. The van der Waals surface area contributed by atoms with E-state index < -0.39 is 0 Å². The van der Waals surface area contributed by atoms with Gasteiger partial charge in [-0.25, -0.2) is 4.79 Å². The molecule has 2 aliphatic rings. The number of aliphatic imine (C=N–C) groups is 1. The van der Waals surface area contributed by atoms with Gasteiger partial charge in [-0.15, -0.1) is 24.0 Å². The number of likely N-dealkylation sites (tertiary alicyclic amines) is 1. The SMILES string of the molecule is CN=C(NCCN1C(=O)CNC1=O)NC1CCN(Cc2ccsc2)CC1.I. The van der Waals surface area contributed by atoms with Gasteiger partial charge in [0.25, 0.3) is 0 Å². The molecule has 1 aromatic rings. The molecule has 2 saturated heterocycles. The van der Waals surface area contributed by atoms with Crippen molar-refractivity contribution < 1.29 is 9.59 Å². The Morgan fingerprint density at radius 2 is 2.15 bits per heavy atom. The number of carbonyl (C=O) groups excluding carboxylic acids is 2. The molecule has 3 heterocycles. The molecule has 27 heavy (non-hydrogen) atoms. The monoisotopic (exact) mass is 506 g/mol. The average molecular weight is 506 g/mol. The Labute approximate surface area is 180 Å². The van der Waals surface area contributed by atoms with Gasteiger partial charge in [0.05, 0.1) is 6.54 Å². The fourth-order valence-electron chi connectivity index (χ4n) is 3.23. The highest BCUT2D eigenvalue weighted by Gasteiger charge is 2.27. The molecule has 0 aromatic carbocycles. The summed E-state index contributed by atoms with van der Waals surface area (Å²) in [6.45, 7) is 4.06. The number of rotatable bonds is 6. The van der Waals surface area contributed by atoms with Gasteiger partial charge in [0.15, 0.2) is 5.96 Å². The fraction of sp³-hybridized carbons (Fsp3) is 0.588. The third-order valence-electron chi connectivity index (χ3n) is 4.70. The molecule has 0 radical (unpaired) electrons. The van der Waals surface area contributed by atoms with Crippen molar-refractivity contribution in [2.24, 2.45) is 4.99 Å². The van der Waals surface area contributed by atoms with E-state index in [1.807, 2.05) is 0 Å². The maximum absolute atomic E-state index is 11.6. The highest BCUT2D eigenvalue weighted by Crippen LogP contribution is 2.15. The van der Waals surface area contributed by atoms with Gasteiger partial charge >= 0.3 is 6.03 Å². The van der Waals surface area contributed by atoms with Gasteiger partial charge in [0.2, 0.25) is 5.91 Å². The molecule has 2 aliphatic heterocycles. The van der Waals surface area contributed by atoms with E-state index in [1.165, 1.54) is 10.5 Å². The molecule has 0 saturated carbocycles. The zero-order valence-corrected chi connectivity index (χ0v) is 18.6. The van der Waals surface area contributed by atoms with Crippen molar-refractivity contribution in [2.45, 2.75) is 25.4 Å². The quantitative estimate of drug-likeness (QED) is 0.232. The summed E-state index contributed by atoms with van der Waals surface area (Å²) in [6, 6.07) is 2.25. The Balaban J connectivity index is 0.00000261. The second kappa shape index (κ2) is 10.8. The zero-order chi connectivity index (χ0) is 18.4. The van der Waals surface area contributed by atoms with Crippen molar-refractivity contribution in [1.29, 1.82) is 0 Å². The summed E-state index contributed by atoms with van der Waals surface area (Å²) < 4.78 is 0. The van der Waals surface area contributed by atoms with Crippen LogP contribution in [0.1, 0.15) is 18.4 Å². The minimum atomic E-state index is -0.322. The molecule has 0 unspecified atom stereocenters. The van der Waals surface area contributed by atoms with Gasteiger partial charge in [0.1, 0.15) is 0 Å². The van der Waals surface area contributed by atoms with Crippen LogP contribution in [-0.2, 0) is 11.3 Å². The van der Waals surface area contributed by atoms with Crippen LogP contribution >= 0.6 is 35.3 Å². The standard InChI is InChI=1S/C17H26N6O2S.HI/c1-18-16(19-5-8-23-15(24)10-20-17(23)25)21-14-2-6-22(7-3-14)11-13-4-9-26-12-13;/h4,9,12,14H,2-3,5-8,10-11H2,1H3,(H,20,25)(H2,18,19,21);1H. The molecule has 1 aromatic heterocycles. The van der Waals surface area contributed by atoms with E-state index in [-0.39, 0.29) is 42.5 Å². The van der Waals surface area contributed by atoms with Crippen LogP contribution in [0.25, 0.3) is 0 Å². The van der Waals surface area contributed by atoms with Crippen LogP contribution < -0.4 is 16.0 Å². The Morgan fingerprint density at radius 3 is 2.74 bits per heavy atom. The lowest BCUT2D eigenvalue weighted by atomic mass is 10.0. The third kappa shape index (κ3) is 6.32. The summed E-state index contributed by atoms with van der Waals surface area (Å²) in [7, 11) is 1.73. The molecule has 10 heteroatoms. The minimum Gasteiger partial charge on any atom is -0.355 e. The Hall–Kier alpha value is -1.40. The predicted octanol–water partition coefficient (Wildman–Crippen LogP) is 1.05. The van der Waals surface area contributed by atoms with Crippen LogP contribution in [0.2, 0.25) is 0 Å². The molecule has 8 nitrogen and oxygen atoms in total. The van der Waals surface area contributed by atoms with E-state index in [0.717, 1.165) is 32.5 Å². The smallest absolute Gasteiger partial charge is 0.324 e. The molecular weight excluding hydrogens is 479 g/mol. The number of guanidine groups is 1. The number of piperidine rings is 1. The molecule has 0 bridgehead atoms. The lowest BCUT2D eigenvalue weighted by Crippen LogP contribution is -2.49. The van der Waals surface area contributed by atoms with E-state index in [2.05, 4.69) is 42.7 Å². The van der Waals surface area contributed by atoms with Gasteiger partial charge in [-0.1, -0.05) is 0 Å². The first-order valence-electron chi connectivity index (χ1n) is 8.94. The van der Waals surface area contributed by atoms with E-state index >= 15 is 0 Å². The van der Waals surface area contributed by atoms with Crippen LogP contribution in [0, 0.1) is 0 Å². The molecule has 0 spiro atoms. The largest absolute Gasteiger partial charge is 0.355 e. The molecule has 3 N–H and O–H groups in total. The van der Waals surface area contributed by atoms with E-state index in [1.54, 1.807) is 18.4 Å². The van der Waals surface area contributed by atoms with Crippen LogP contribution in [0.3, 0.4) is 0 Å². The van der Waals surface area contributed by atoms with Gasteiger partial charge in [0, 0.05) is 45.8 Å². The maximum atomic E-state index is 11.6. The van der Waals surface area contributed by atoms with Crippen LogP contribution in [0.15, 0.2) is 21.8 Å². The molecule has 2 fully saturated rings. The number of thiophene rings is 1. The van der Waals surface area contributed by atoms with Gasteiger partial charge in [-0.3, -0.25) is 19.6 Å². The van der Waals surface area contributed by atoms with Crippen molar-refractivity contribution in [3.63, 3.8) is 0 Å². The second-order valence-electron chi connectivity index (χ2n) is 6.53. The maximum Gasteiger partial charge on any atom is 0.324 e. The number of amides is 3. The number of carbonyl (C=O) groups is 2. The van der Waals surface area contributed by atoms with E-state index in [0.29, 0.717) is 25.1 Å². The number of nitrogens with one attached hydrogen (secondary N) is 3. The Kier molecular flexibility index (Phi) is 8.77. The van der Waals surface area contributed by atoms with Crippen LogP contribution in [-0.4, -0.2) is 73.5 Å². The highest BCUT2D eigenvalue weighted by atomic mass is 127. The molecule has 3 amide bonds. The highest BCUT2D eigenvalue weighted by molar-refractivity contribution is 14.0. The van der Waals surface area contributed by atoms with Crippen LogP contribution in [0.5, 0.6) is 0 Å². The number of urea groups is 1. The molecule has 0 atom stereocenters. The van der Waals surface area contributed by atoms with E-state index in [4.69, 9.17) is 0 Å². The summed E-state index contributed by atoms with van der Waals surface area (Å²) in [5.74, 6) is 0.533. The number of imide groups is 1. The molecule has 3 rings (SSSR count). The first-order chi connectivity index (χ1) is 12.7. The average Bonchev–Trinajstić information content (AvgIpc) is 3.27. The number of hydrogen-bond acceptors (Lipinski definition) is 5. The van der Waals surface area contributed by atoms with Crippen molar-refractivity contribution >= 4 is 53.2 Å². The number of hydrogen-bond donors (Lipinski definition) is 3. The third-order valence-corrected chi connectivity index (χ3v) is 5.44. The Bertz CT molecular complexity index is 630. The lowest BCUT2D eigenvalue weighted by Gasteiger charge is -2.33. The van der Waals surface area contributed by atoms with Crippen molar-refractivity contribution in [3.05, 3.63) is 22.4 Å². The van der Waals surface area contributed by atoms with Gasteiger partial charge in [-0.2, -0.15) is 11.3 Å². The van der Waals surface area contributed by atoms with Crippen LogP contribution in [0.4, 0.5) is 4.79 Å². The number of nitrogens with zero attached hydrogens (tertiary/aromatic N) is 3. The fourth-order valence-corrected chi connectivity index (χ4v) is 3.89. The zero-order valence-electron chi connectivity index (χ0n) is 15.4. The normalized spacial score (nSPS) is 19.0. The van der Waals surface area contributed by atoms with Crippen molar-refractivity contribution in [3.8, 4) is 0 Å². The lowest BCUT2D eigenvalue weighted by molar-refractivity contribution is -0.124. The van der Waals surface area contributed by atoms with Crippen molar-refractivity contribution in [2.75, 3.05) is 39.8 Å². The summed E-state index contributed by atoms with van der Waals surface area (Å²) in [4.78, 5) is 31.0.